The van der Waals surface area contributed by atoms with Crippen LogP contribution in [-0.4, -0.2) is 10.9 Å². The fraction of sp³-hybridized carbons (Fsp3) is 0.0667. The van der Waals surface area contributed by atoms with E-state index in [1.165, 1.54) is 0 Å². The SMILES string of the molecule is O=C1c2c(cccc2NCc2cccc3cccnc23)CN1c1ccc(Oc2ccccc2)cc1. The van der Waals surface area contributed by atoms with Gasteiger partial charge in [-0.2, -0.15) is 0 Å². The highest BCUT2D eigenvalue weighted by atomic mass is 16.5. The highest BCUT2D eigenvalue weighted by molar-refractivity contribution is 6.13. The first-order valence-corrected chi connectivity index (χ1v) is 11.6. The number of rotatable bonds is 6. The van der Waals surface area contributed by atoms with E-state index in [-0.39, 0.29) is 5.91 Å². The van der Waals surface area contributed by atoms with Crippen LogP contribution >= 0.6 is 0 Å². The van der Waals surface area contributed by atoms with Crippen molar-refractivity contribution in [1.29, 1.82) is 0 Å². The third-order valence-corrected chi connectivity index (χ3v) is 6.25. The molecule has 1 aliphatic rings. The summed E-state index contributed by atoms with van der Waals surface area (Å²) < 4.78 is 5.89. The summed E-state index contributed by atoms with van der Waals surface area (Å²) in [4.78, 5) is 19.8. The number of carbonyl (C=O) groups is 1. The fourth-order valence-corrected chi connectivity index (χ4v) is 4.54. The van der Waals surface area contributed by atoms with E-state index in [9.17, 15) is 4.79 Å². The van der Waals surface area contributed by atoms with Gasteiger partial charge in [0.1, 0.15) is 11.5 Å². The van der Waals surface area contributed by atoms with Crippen LogP contribution < -0.4 is 15.0 Å². The molecule has 2 heterocycles. The molecule has 5 nitrogen and oxygen atoms in total. The number of nitrogens with zero attached hydrogens (tertiary/aromatic N) is 2. The number of hydrogen-bond acceptors (Lipinski definition) is 4. The van der Waals surface area contributed by atoms with Gasteiger partial charge < -0.3 is 15.0 Å². The Bertz CT molecular complexity index is 1510. The molecule has 1 aliphatic heterocycles. The lowest BCUT2D eigenvalue weighted by Crippen LogP contribution is -2.23. The molecule has 35 heavy (non-hydrogen) atoms. The van der Waals surface area contributed by atoms with Gasteiger partial charge in [0, 0.05) is 29.5 Å². The molecule has 170 valence electrons. The summed E-state index contributed by atoms with van der Waals surface area (Å²) in [6.07, 6.45) is 1.81. The number of pyridine rings is 1. The number of para-hydroxylation sites is 2. The average molecular weight is 458 g/mol. The summed E-state index contributed by atoms with van der Waals surface area (Å²) in [6.45, 7) is 1.13. The molecular weight excluding hydrogens is 434 g/mol. The van der Waals surface area contributed by atoms with E-state index in [0.717, 1.165) is 50.5 Å². The van der Waals surface area contributed by atoms with Gasteiger partial charge in [0.05, 0.1) is 17.6 Å². The number of benzene rings is 4. The molecule has 0 atom stereocenters. The normalized spacial score (nSPS) is 12.6. The molecule has 0 saturated carbocycles. The first kappa shape index (κ1) is 20.9. The third kappa shape index (κ3) is 4.08. The highest BCUT2D eigenvalue weighted by Crippen LogP contribution is 2.34. The number of fused-ring (bicyclic) bond motifs is 2. The minimum absolute atomic E-state index is 0.00382. The molecule has 0 spiro atoms. The summed E-state index contributed by atoms with van der Waals surface area (Å²) in [5.41, 5.74) is 5.49. The monoisotopic (exact) mass is 457 g/mol. The van der Waals surface area contributed by atoms with Gasteiger partial charge in [0.25, 0.3) is 5.91 Å². The van der Waals surface area contributed by atoms with Crippen molar-refractivity contribution in [2.24, 2.45) is 0 Å². The zero-order valence-electron chi connectivity index (χ0n) is 19.0. The van der Waals surface area contributed by atoms with Crippen LogP contribution in [0.5, 0.6) is 11.5 Å². The van der Waals surface area contributed by atoms with Crippen LogP contribution in [0.3, 0.4) is 0 Å². The van der Waals surface area contributed by atoms with Crippen molar-refractivity contribution < 1.29 is 9.53 Å². The lowest BCUT2D eigenvalue weighted by atomic mass is 10.1. The average Bonchev–Trinajstić information content (AvgIpc) is 3.25. The Morgan fingerprint density at radius 1 is 0.800 bits per heavy atom. The van der Waals surface area contributed by atoms with Crippen molar-refractivity contribution in [2.75, 3.05) is 10.2 Å². The molecule has 0 aliphatic carbocycles. The van der Waals surface area contributed by atoms with Crippen molar-refractivity contribution in [3.63, 3.8) is 0 Å². The van der Waals surface area contributed by atoms with E-state index in [0.29, 0.717) is 13.1 Å². The Labute approximate surface area is 203 Å². The molecule has 0 radical (unpaired) electrons. The zero-order chi connectivity index (χ0) is 23.6. The van der Waals surface area contributed by atoms with Crippen LogP contribution in [0.15, 0.2) is 109 Å². The molecule has 1 amide bonds. The maximum Gasteiger partial charge on any atom is 0.261 e. The Hall–Kier alpha value is -4.64. The van der Waals surface area contributed by atoms with Gasteiger partial charge in [0.15, 0.2) is 0 Å². The number of nitrogens with one attached hydrogen (secondary N) is 1. The standard InChI is InChI=1S/C30H23N3O2/c34-30-28-23(20-33(30)24-14-16-26(17-15-24)35-25-11-2-1-3-12-25)9-5-13-27(28)32-19-22-8-4-7-21-10-6-18-31-29(21)22/h1-18,32H,19-20H2. The topological polar surface area (TPSA) is 54.5 Å². The van der Waals surface area contributed by atoms with Crippen LogP contribution in [0.1, 0.15) is 21.5 Å². The number of aromatic nitrogens is 1. The van der Waals surface area contributed by atoms with Gasteiger partial charge in [-0.3, -0.25) is 9.78 Å². The highest BCUT2D eigenvalue weighted by Gasteiger charge is 2.31. The summed E-state index contributed by atoms with van der Waals surface area (Å²) in [5, 5.41) is 4.59. The molecule has 1 N–H and O–H groups in total. The first-order valence-electron chi connectivity index (χ1n) is 11.6. The Morgan fingerprint density at radius 3 is 2.43 bits per heavy atom. The Morgan fingerprint density at radius 2 is 1.57 bits per heavy atom. The van der Waals surface area contributed by atoms with Crippen molar-refractivity contribution in [3.8, 4) is 11.5 Å². The predicted octanol–water partition coefficient (Wildman–Crippen LogP) is 6.80. The number of amides is 1. The Kier molecular flexibility index (Phi) is 5.35. The third-order valence-electron chi connectivity index (χ3n) is 6.25. The van der Waals surface area contributed by atoms with Crippen LogP contribution in [0.2, 0.25) is 0 Å². The Balaban J connectivity index is 1.21. The predicted molar refractivity (Wildman–Crippen MR) is 139 cm³/mol. The largest absolute Gasteiger partial charge is 0.457 e. The minimum atomic E-state index is -0.00382. The second-order valence-corrected chi connectivity index (χ2v) is 8.49. The van der Waals surface area contributed by atoms with E-state index in [1.54, 1.807) is 0 Å². The second kappa shape index (κ2) is 8.95. The van der Waals surface area contributed by atoms with Crippen LogP contribution in [0.25, 0.3) is 10.9 Å². The quantitative estimate of drug-likeness (QED) is 0.305. The van der Waals surface area contributed by atoms with Gasteiger partial charge in [0.2, 0.25) is 0 Å². The van der Waals surface area contributed by atoms with Gasteiger partial charge in [-0.05, 0) is 59.7 Å². The van der Waals surface area contributed by atoms with Crippen molar-refractivity contribution in [1.82, 2.24) is 4.98 Å². The molecule has 5 heteroatoms. The van der Waals surface area contributed by atoms with Gasteiger partial charge in [-0.15, -0.1) is 0 Å². The molecule has 0 fully saturated rings. The zero-order valence-corrected chi connectivity index (χ0v) is 19.0. The maximum atomic E-state index is 13.5. The molecule has 5 aromatic rings. The number of carbonyl (C=O) groups excluding carboxylic acids is 1. The van der Waals surface area contributed by atoms with E-state index < -0.39 is 0 Å². The van der Waals surface area contributed by atoms with Crippen LogP contribution in [-0.2, 0) is 13.1 Å². The molecule has 0 saturated heterocycles. The van der Waals surface area contributed by atoms with Crippen LogP contribution in [0.4, 0.5) is 11.4 Å². The van der Waals surface area contributed by atoms with E-state index in [1.807, 2.05) is 96.0 Å². The first-order chi connectivity index (χ1) is 17.3. The second-order valence-electron chi connectivity index (χ2n) is 8.49. The molecular formula is C30H23N3O2. The summed E-state index contributed by atoms with van der Waals surface area (Å²) in [7, 11) is 0. The van der Waals surface area contributed by atoms with E-state index in [4.69, 9.17) is 4.74 Å². The van der Waals surface area contributed by atoms with E-state index in [2.05, 4.69) is 28.5 Å². The molecule has 6 rings (SSSR count). The van der Waals surface area contributed by atoms with Gasteiger partial charge in [-0.1, -0.05) is 54.6 Å². The fourth-order valence-electron chi connectivity index (χ4n) is 4.54. The minimum Gasteiger partial charge on any atom is -0.457 e. The summed E-state index contributed by atoms with van der Waals surface area (Å²) >= 11 is 0. The molecule has 4 aromatic carbocycles. The number of hydrogen-bond donors (Lipinski definition) is 1. The van der Waals surface area contributed by atoms with Crippen molar-refractivity contribution >= 4 is 28.2 Å². The van der Waals surface area contributed by atoms with Crippen LogP contribution in [0, 0.1) is 0 Å². The lowest BCUT2D eigenvalue weighted by molar-refractivity contribution is 0.0997. The number of anilines is 2. The maximum absolute atomic E-state index is 13.5. The molecule has 0 bridgehead atoms. The van der Waals surface area contributed by atoms with Gasteiger partial charge in [-0.25, -0.2) is 0 Å². The summed E-state index contributed by atoms with van der Waals surface area (Å²) in [6, 6.07) is 33.4. The summed E-state index contributed by atoms with van der Waals surface area (Å²) in [5.74, 6) is 1.51. The number of ether oxygens (including phenoxy) is 1. The molecule has 1 aromatic heterocycles. The molecule has 0 unspecified atom stereocenters. The van der Waals surface area contributed by atoms with Gasteiger partial charge >= 0.3 is 0 Å². The van der Waals surface area contributed by atoms with Crippen molar-refractivity contribution in [3.05, 3.63) is 126 Å². The smallest absolute Gasteiger partial charge is 0.261 e. The van der Waals surface area contributed by atoms with Crippen molar-refractivity contribution in [2.45, 2.75) is 13.1 Å². The van der Waals surface area contributed by atoms with E-state index >= 15 is 0 Å². The lowest BCUT2D eigenvalue weighted by Gasteiger charge is -2.17.